The predicted octanol–water partition coefficient (Wildman–Crippen LogP) is 2.75. The highest BCUT2D eigenvalue weighted by atomic mass is 16.2. The Bertz CT molecular complexity index is 509. The molecule has 0 aliphatic carbocycles. The van der Waals surface area contributed by atoms with Crippen LogP contribution in [0.1, 0.15) is 15.9 Å². The maximum Gasteiger partial charge on any atom is 0.269 e. The van der Waals surface area contributed by atoms with Gasteiger partial charge in [0.15, 0.2) is 0 Å². The molecule has 0 heterocycles. The largest absolute Gasteiger partial charge is 0.298 e. The Labute approximate surface area is 100 Å². The van der Waals surface area contributed by atoms with Crippen molar-refractivity contribution in [3.8, 4) is 0 Å². The number of anilines is 1. The molecule has 0 spiro atoms. The van der Waals surface area contributed by atoms with Crippen LogP contribution in [0.25, 0.3) is 0 Å². The third-order valence-corrected chi connectivity index (χ3v) is 2.37. The summed E-state index contributed by atoms with van der Waals surface area (Å²) >= 11 is 0. The number of rotatable bonds is 3. The van der Waals surface area contributed by atoms with E-state index < -0.39 is 0 Å². The van der Waals surface area contributed by atoms with E-state index >= 15 is 0 Å². The summed E-state index contributed by atoms with van der Waals surface area (Å²) in [6, 6.07) is 17.0. The van der Waals surface area contributed by atoms with Gasteiger partial charge in [0.2, 0.25) is 0 Å². The number of carbonyl (C=O) groups is 1. The lowest BCUT2D eigenvalue weighted by molar-refractivity contribution is 0.0962. The second-order valence-electron chi connectivity index (χ2n) is 3.81. The van der Waals surface area contributed by atoms with Crippen molar-refractivity contribution < 1.29 is 4.79 Å². The zero-order chi connectivity index (χ0) is 12.1. The van der Waals surface area contributed by atoms with Gasteiger partial charge in [0.05, 0.1) is 5.69 Å². The zero-order valence-electron chi connectivity index (χ0n) is 9.60. The average molecular weight is 226 g/mol. The fourth-order valence-electron chi connectivity index (χ4n) is 1.51. The van der Waals surface area contributed by atoms with Gasteiger partial charge in [-0.2, -0.15) is 0 Å². The number of para-hydroxylation sites is 1. The second-order valence-corrected chi connectivity index (χ2v) is 3.81. The van der Waals surface area contributed by atoms with Gasteiger partial charge in [0.25, 0.3) is 5.91 Å². The minimum atomic E-state index is -0.141. The van der Waals surface area contributed by atoms with Gasteiger partial charge in [-0.15, -0.1) is 0 Å². The van der Waals surface area contributed by atoms with Crippen molar-refractivity contribution in [1.82, 2.24) is 5.43 Å². The van der Waals surface area contributed by atoms with Crippen molar-refractivity contribution in [2.75, 3.05) is 5.43 Å². The van der Waals surface area contributed by atoms with E-state index in [4.69, 9.17) is 0 Å². The highest BCUT2D eigenvalue weighted by Gasteiger charge is 2.03. The molecule has 0 aromatic heterocycles. The molecule has 2 aromatic rings. The Morgan fingerprint density at radius 1 is 1.00 bits per heavy atom. The van der Waals surface area contributed by atoms with Gasteiger partial charge >= 0.3 is 0 Å². The highest BCUT2D eigenvalue weighted by molar-refractivity contribution is 5.95. The molecule has 3 heteroatoms. The molecular weight excluding hydrogens is 212 g/mol. The van der Waals surface area contributed by atoms with Crippen LogP contribution in [0.2, 0.25) is 0 Å². The summed E-state index contributed by atoms with van der Waals surface area (Å²) in [6.07, 6.45) is 0. The molecule has 0 radical (unpaired) electrons. The summed E-state index contributed by atoms with van der Waals surface area (Å²) in [5.74, 6) is -0.141. The van der Waals surface area contributed by atoms with Gasteiger partial charge in [0.1, 0.15) is 0 Å². The van der Waals surface area contributed by atoms with E-state index in [1.165, 1.54) is 0 Å². The van der Waals surface area contributed by atoms with E-state index in [1.54, 1.807) is 6.07 Å². The van der Waals surface area contributed by atoms with E-state index in [0.717, 1.165) is 11.3 Å². The number of hydrogen-bond donors (Lipinski definition) is 2. The second kappa shape index (κ2) is 5.16. The minimum Gasteiger partial charge on any atom is -0.298 e. The maximum absolute atomic E-state index is 11.8. The number of amides is 1. The lowest BCUT2D eigenvalue weighted by Gasteiger charge is -2.08. The van der Waals surface area contributed by atoms with E-state index in [1.807, 2.05) is 55.5 Å². The molecule has 0 aliphatic rings. The molecule has 1 amide bonds. The number of carbonyl (C=O) groups excluding carboxylic acids is 1. The van der Waals surface area contributed by atoms with Crippen LogP contribution in [0.3, 0.4) is 0 Å². The molecule has 0 bridgehead atoms. The summed E-state index contributed by atoms with van der Waals surface area (Å²) in [4.78, 5) is 11.8. The topological polar surface area (TPSA) is 41.1 Å². The van der Waals surface area contributed by atoms with Crippen molar-refractivity contribution in [3.63, 3.8) is 0 Å². The number of hydrogen-bond acceptors (Lipinski definition) is 2. The number of benzene rings is 2. The van der Waals surface area contributed by atoms with Crippen LogP contribution in [-0.2, 0) is 0 Å². The molecule has 0 saturated carbocycles. The number of hydrazine groups is 1. The predicted molar refractivity (Wildman–Crippen MR) is 68.7 cm³/mol. The average Bonchev–Trinajstić information content (AvgIpc) is 2.37. The molecule has 0 aliphatic heterocycles. The fourth-order valence-corrected chi connectivity index (χ4v) is 1.51. The normalized spacial score (nSPS) is 9.71. The summed E-state index contributed by atoms with van der Waals surface area (Å²) in [5.41, 5.74) is 8.09. The van der Waals surface area contributed by atoms with Gasteiger partial charge in [-0.05, 0) is 31.2 Å². The first kappa shape index (κ1) is 11.2. The molecule has 2 N–H and O–H groups in total. The van der Waals surface area contributed by atoms with Crippen LogP contribution in [0.4, 0.5) is 5.69 Å². The first-order chi connectivity index (χ1) is 8.25. The SMILES string of the molecule is Cc1cccc(C(=O)NNc2ccccc2)c1. The van der Waals surface area contributed by atoms with E-state index in [0.29, 0.717) is 5.56 Å². The molecule has 0 unspecified atom stereocenters. The number of aryl methyl sites for hydroxylation is 1. The highest BCUT2D eigenvalue weighted by Crippen LogP contribution is 2.05. The van der Waals surface area contributed by atoms with Gasteiger partial charge in [-0.1, -0.05) is 35.9 Å². The summed E-state index contributed by atoms with van der Waals surface area (Å²) in [7, 11) is 0. The third-order valence-electron chi connectivity index (χ3n) is 2.37. The molecule has 2 aromatic carbocycles. The number of nitrogens with one attached hydrogen (secondary N) is 2. The summed E-state index contributed by atoms with van der Waals surface area (Å²) in [5, 5.41) is 0. The van der Waals surface area contributed by atoms with E-state index in [-0.39, 0.29) is 5.91 Å². The van der Waals surface area contributed by atoms with Crippen molar-refractivity contribution in [2.24, 2.45) is 0 Å². The molecule has 0 saturated heterocycles. The molecule has 86 valence electrons. The van der Waals surface area contributed by atoms with E-state index in [2.05, 4.69) is 10.9 Å². The fraction of sp³-hybridized carbons (Fsp3) is 0.0714. The standard InChI is InChI=1S/C14H14N2O/c1-11-6-5-7-12(10-11)14(17)16-15-13-8-3-2-4-9-13/h2-10,15H,1H3,(H,16,17). The lowest BCUT2D eigenvalue weighted by atomic mass is 10.1. The molecule has 0 atom stereocenters. The first-order valence-corrected chi connectivity index (χ1v) is 5.44. The molecular formula is C14H14N2O. The van der Waals surface area contributed by atoms with E-state index in [9.17, 15) is 4.79 Å². The molecule has 2 rings (SSSR count). The summed E-state index contributed by atoms with van der Waals surface area (Å²) < 4.78 is 0. The van der Waals surface area contributed by atoms with Crippen LogP contribution in [-0.4, -0.2) is 5.91 Å². The Hall–Kier alpha value is -2.29. The van der Waals surface area contributed by atoms with Gasteiger partial charge < -0.3 is 0 Å². The van der Waals surface area contributed by atoms with Crippen LogP contribution < -0.4 is 10.9 Å². The molecule has 17 heavy (non-hydrogen) atoms. The minimum absolute atomic E-state index is 0.141. The van der Waals surface area contributed by atoms with Gasteiger partial charge in [-0.25, -0.2) is 0 Å². The van der Waals surface area contributed by atoms with Crippen LogP contribution in [0.15, 0.2) is 54.6 Å². The smallest absolute Gasteiger partial charge is 0.269 e. The monoisotopic (exact) mass is 226 g/mol. The molecule has 3 nitrogen and oxygen atoms in total. The third kappa shape index (κ3) is 3.08. The maximum atomic E-state index is 11.8. The quantitative estimate of drug-likeness (QED) is 0.790. The van der Waals surface area contributed by atoms with Crippen molar-refractivity contribution >= 4 is 11.6 Å². The first-order valence-electron chi connectivity index (χ1n) is 5.44. The Balaban J connectivity index is 1.98. The van der Waals surface area contributed by atoms with Crippen molar-refractivity contribution in [2.45, 2.75) is 6.92 Å². The Morgan fingerprint density at radius 3 is 2.47 bits per heavy atom. The Morgan fingerprint density at radius 2 is 1.76 bits per heavy atom. The van der Waals surface area contributed by atoms with Gasteiger partial charge in [-0.3, -0.25) is 15.6 Å². The Kier molecular flexibility index (Phi) is 3.40. The van der Waals surface area contributed by atoms with Crippen LogP contribution >= 0.6 is 0 Å². The van der Waals surface area contributed by atoms with Crippen LogP contribution in [0, 0.1) is 6.92 Å². The van der Waals surface area contributed by atoms with Gasteiger partial charge in [0, 0.05) is 5.56 Å². The lowest BCUT2D eigenvalue weighted by Crippen LogP contribution is -2.29. The van der Waals surface area contributed by atoms with Crippen LogP contribution in [0.5, 0.6) is 0 Å². The molecule has 0 fully saturated rings. The zero-order valence-corrected chi connectivity index (χ0v) is 9.60. The van der Waals surface area contributed by atoms with Crippen molar-refractivity contribution in [1.29, 1.82) is 0 Å². The van der Waals surface area contributed by atoms with Crippen molar-refractivity contribution in [3.05, 3.63) is 65.7 Å². The summed E-state index contributed by atoms with van der Waals surface area (Å²) in [6.45, 7) is 1.96.